The molecule has 1 aromatic rings. The summed E-state index contributed by atoms with van der Waals surface area (Å²) in [5.74, 6) is 0.143. The number of ether oxygens (including phenoxy) is 1. The number of rotatable bonds is 3. The van der Waals surface area contributed by atoms with Crippen LogP contribution in [0.4, 0.5) is 0 Å². The van der Waals surface area contributed by atoms with Crippen molar-refractivity contribution in [3.05, 3.63) is 28.2 Å². The summed E-state index contributed by atoms with van der Waals surface area (Å²) in [6, 6.07) is 3.18. The van der Waals surface area contributed by atoms with E-state index < -0.39 is 0 Å². The van der Waals surface area contributed by atoms with Crippen LogP contribution in [0.15, 0.2) is 16.9 Å². The summed E-state index contributed by atoms with van der Waals surface area (Å²) in [4.78, 5) is 26.1. The van der Waals surface area contributed by atoms with Crippen molar-refractivity contribution in [1.29, 1.82) is 0 Å². The van der Waals surface area contributed by atoms with Gasteiger partial charge < -0.3 is 9.64 Å². The number of H-pyrrole nitrogens is 1. The second-order valence-electron chi connectivity index (χ2n) is 6.20. The fourth-order valence-electron chi connectivity index (χ4n) is 3.75. The van der Waals surface area contributed by atoms with E-state index in [0.717, 1.165) is 50.8 Å². The molecule has 1 N–H and O–H groups in total. The molecule has 0 spiro atoms. The molecule has 0 bridgehead atoms. The number of methoxy groups -OCH3 is 1. The number of hydrogen-bond acceptors (Lipinski definition) is 4. The van der Waals surface area contributed by atoms with Crippen LogP contribution in [0.3, 0.4) is 0 Å². The van der Waals surface area contributed by atoms with Crippen LogP contribution in [0.2, 0.25) is 0 Å². The quantitative estimate of drug-likeness (QED) is 0.921. The zero-order valence-electron chi connectivity index (χ0n) is 13.0. The number of carbonyl (C=O) groups excluding carboxylic acids is 1. The molecule has 1 amide bonds. The SMILES string of the molecule is COC1CCCCC1C(=O)N1CCCC1c1ccc(=O)[nH]n1. The van der Waals surface area contributed by atoms with Gasteiger partial charge in [0.05, 0.1) is 23.8 Å². The Morgan fingerprint density at radius 1 is 1.27 bits per heavy atom. The Morgan fingerprint density at radius 3 is 2.82 bits per heavy atom. The summed E-state index contributed by atoms with van der Waals surface area (Å²) in [6.07, 6.45) is 5.99. The molecule has 1 saturated carbocycles. The van der Waals surface area contributed by atoms with Gasteiger partial charge in [-0.15, -0.1) is 0 Å². The van der Waals surface area contributed by atoms with Crippen molar-refractivity contribution in [3.8, 4) is 0 Å². The van der Waals surface area contributed by atoms with E-state index in [1.165, 1.54) is 6.07 Å². The van der Waals surface area contributed by atoms with Gasteiger partial charge in [0.15, 0.2) is 0 Å². The number of aromatic nitrogens is 2. The minimum atomic E-state index is -0.216. The molecule has 0 aromatic carbocycles. The van der Waals surface area contributed by atoms with Gasteiger partial charge in [0.1, 0.15) is 0 Å². The number of nitrogens with zero attached hydrogens (tertiary/aromatic N) is 2. The van der Waals surface area contributed by atoms with Crippen molar-refractivity contribution >= 4 is 5.91 Å². The molecule has 6 heteroatoms. The first-order chi connectivity index (χ1) is 10.7. The van der Waals surface area contributed by atoms with Gasteiger partial charge in [0.25, 0.3) is 5.56 Å². The second kappa shape index (κ2) is 6.60. The number of nitrogens with one attached hydrogen (secondary N) is 1. The van der Waals surface area contributed by atoms with Gasteiger partial charge >= 0.3 is 0 Å². The number of carbonyl (C=O) groups is 1. The fourth-order valence-corrected chi connectivity index (χ4v) is 3.75. The number of aromatic amines is 1. The Kier molecular flexibility index (Phi) is 4.57. The molecule has 1 aromatic heterocycles. The van der Waals surface area contributed by atoms with E-state index in [2.05, 4.69) is 10.2 Å². The maximum absolute atomic E-state index is 13.0. The van der Waals surface area contributed by atoms with E-state index >= 15 is 0 Å². The van der Waals surface area contributed by atoms with E-state index in [0.29, 0.717) is 0 Å². The molecule has 0 radical (unpaired) electrons. The average Bonchev–Trinajstić information content (AvgIpc) is 3.04. The van der Waals surface area contributed by atoms with Gasteiger partial charge in [-0.25, -0.2) is 5.10 Å². The zero-order chi connectivity index (χ0) is 15.5. The zero-order valence-corrected chi connectivity index (χ0v) is 13.0. The lowest BCUT2D eigenvalue weighted by molar-refractivity contribution is -0.143. The third-order valence-corrected chi connectivity index (χ3v) is 4.90. The van der Waals surface area contributed by atoms with Crippen molar-refractivity contribution in [3.63, 3.8) is 0 Å². The first kappa shape index (κ1) is 15.2. The van der Waals surface area contributed by atoms with Crippen molar-refractivity contribution in [2.45, 2.75) is 50.7 Å². The maximum Gasteiger partial charge on any atom is 0.264 e. The summed E-state index contributed by atoms with van der Waals surface area (Å²) in [6.45, 7) is 0.761. The molecule has 2 fully saturated rings. The van der Waals surface area contributed by atoms with E-state index in [1.54, 1.807) is 13.2 Å². The Labute approximate surface area is 129 Å². The molecule has 1 saturated heterocycles. The van der Waals surface area contributed by atoms with E-state index in [9.17, 15) is 9.59 Å². The largest absolute Gasteiger partial charge is 0.381 e. The van der Waals surface area contributed by atoms with Crippen LogP contribution in [-0.4, -0.2) is 40.8 Å². The summed E-state index contributed by atoms with van der Waals surface area (Å²) < 4.78 is 5.53. The Morgan fingerprint density at radius 2 is 2.09 bits per heavy atom. The number of likely N-dealkylation sites (tertiary alicyclic amines) is 1. The standard InChI is InChI=1S/C16H23N3O3/c1-22-14-7-3-2-5-11(14)16(21)19-10-4-6-13(19)12-8-9-15(20)18-17-12/h8-9,11,13-14H,2-7,10H2,1H3,(H,18,20). The van der Waals surface area contributed by atoms with Crippen molar-refractivity contribution < 1.29 is 9.53 Å². The highest BCUT2D eigenvalue weighted by molar-refractivity contribution is 5.80. The van der Waals surface area contributed by atoms with Gasteiger partial charge in [-0.1, -0.05) is 12.8 Å². The molecule has 6 nitrogen and oxygen atoms in total. The lowest BCUT2D eigenvalue weighted by Gasteiger charge is -2.34. The van der Waals surface area contributed by atoms with Crippen LogP contribution in [0.1, 0.15) is 50.3 Å². The van der Waals surface area contributed by atoms with Crippen LogP contribution in [0.25, 0.3) is 0 Å². The Hall–Kier alpha value is -1.69. The van der Waals surface area contributed by atoms with Crippen molar-refractivity contribution in [2.24, 2.45) is 5.92 Å². The van der Waals surface area contributed by atoms with Crippen LogP contribution >= 0.6 is 0 Å². The Bertz CT molecular complexity index is 566. The molecular weight excluding hydrogens is 282 g/mol. The van der Waals surface area contributed by atoms with Gasteiger partial charge in [-0.3, -0.25) is 9.59 Å². The molecule has 3 atom stereocenters. The van der Waals surface area contributed by atoms with Crippen LogP contribution in [0.5, 0.6) is 0 Å². The molecular formula is C16H23N3O3. The highest BCUT2D eigenvalue weighted by Crippen LogP contribution is 2.35. The monoisotopic (exact) mass is 305 g/mol. The van der Waals surface area contributed by atoms with E-state index in [1.807, 2.05) is 4.90 Å². The summed E-state index contributed by atoms with van der Waals surface area (Å²) >= 11 is 0. The van der Waals surface area contributed by atoms with Gasteiger partial charge in [0.2, 0.25) is 5.91 Å². The summed E-state index contributed by atoms with van der Waals surface area (Å²) in [5, 5.41) is 6.58. The Balaban J connectivity index is 1.78. The molecule has 1 aliphatic heterocycles. The molecule has 3 unspecified atom stereocenters. The smallest absolute Gasteiger partial charge is 0.264 e. The van der Waals surface area contributed by atoms with Gasteiger partial charge in [-0.2, -0.15) is 5.10 Å². The third kappa shape index (κ3) is 2.92. The van der Waals surface area contributed by atoms with Crippen LogP contribution < -0.4 is 5.56 Å². The van der Waals surface area contributed by atoms with E-state index in [-0.39, 0.29) is 29.5 Å². The molecule has 2 aliphatic rings. The first-order valence-electron chi connectivity index (χ1n) is 8.09. The van der Waals surface area contributed by atoms with Gasteiger partial charge in [0, 0.05) is 19.7 Å². The van der Waals surface area contributed by atoms with Crippen molar-refractivity contribution in [2.75, 3.05) is 13.7 Å². The summed E-state index contributed by atoms with van der Waals surface area (Å²) in [5.41, 5.74) is 0.557. The minimum Gasteiger partial charge on any atom is -0.381 e. The summed E-state index contributed by atoms with van der Waals surface area (Å²) in [7, 11) is 1.70. The van der Waals surface area contributed by atoms with Crippen LogP contribution in [0, 0.1) is 5.92 Å². The maximum atomic E-state index is 13.0. The van der Waals surface area contributed by atoms with Crippen LogP contribution in [-0.2, 0) is 9.53 Å². The number of hydrogen-bond donors (Lipinski definition) is 1. The first-order valence-corrected chi connectivity index (χ1v) is 8.09. The highest BCUT2D eigenvalue weighted by Gasteiger charge is 2.39. The predicted octanol–water partition coefficient (Wildman–Crippen LogP) is 1.64. The van der Waals surface area contributed by atoms with E-state index in [4.69, 9.17) is 4.74 Å². The predicted molar refractivity (Wildman–Crippen MR) is 81.3 cm³/mol. The highest BCUT2D eigenvalue weighted by atomic mass is 16.5. The topological polar surface area (TPSA) is 75.3 Å². The molecule has 2 heterocycles. The molecule has 1 aliphatic carbocycles. The molecule has 3 rings (SSSR count). The minimum absolute atomic E-state index is 0.0243. The normalized spacial score (nSPS) is 28.8. The van der Waals surface area contributed by atoms with Crippen molar-refractivity contribution in [1.82, 2.24) is 15.1 Å². The second-order valence-corrected chi connectivity index (χ2v) is 6.20. The molecule has 120 valence electrons. The lowest BCUT2D eigenvalue weighted by atomic mass is 9.85. The molecule has 22 heavy (non-hydrogen) atoms. The van der Waals surface area contributed by atoms with Gasteiger partial charge in [-0.05, 0) is 31.7 Å². The fraction of sp³-hybridized carbons (Fsp3) is 0.688. The number of amides is 1. The lowest BCUT2D eigenvalue weighted by Crippen LogP contribution is -2.43. The average molecular weight is 305 g/mol. The third-order valence-electron chi connectivity index (χ3n) is 4.90.